The third-order valence-corrected chi connectivity index (χ3v) is 4.83. The van der Waals surface area contributed by atoms with Gasteiger partial charge in [-0.2, -0.15) is 5.26 Å². The van der Waals surface area contributed by atoms with Crippen LogP contribution < -0.4 is 0 Å². The summed E-state index contributed by atoms with van der Waals surface area (Å²) in [6.45, 7) is 2.05. The second-order valence-electron chi connectivity index (χ2n) is 5.32. The zero-order chi connectivity index (χ0) is 16.2. The van der Waals surface area contributed by atoms with E-state index < -0.39 is 0 Å². The molecule has 0 bridgehead atoms. The van der Waals surface area contributed by atoms with Gasteiger partial charge in [-0.05, 0) is 31.0 Å². The van der Waals surface area contributed by atoms with Crippen LogP contribution in [0, 0.1) is 22.9 Å². The predicted octanol–water partition coefficient (Wildman–Crippen LogP) is 4.83. The first kappa shape index (κ1) is 15.7. The van der Waals surface area contributed by atoms with Gasteiger partial charge >= 0.3 is 0 Å². The highest BCUT2D eigenvalue weighted by atomic mass is 32.2. The molecule has 1 heterocycles. The molecule has 3 nitrogen and oxygen atoms in total. The largest absolute Gasteiger partial charge is 0.334 e. The maximum atomic E-state index is 9.45. The highest BCUT2D eigenvalue weighted by molar-refractivity contribution is 8.00. The normalized spacial score (nSPS) is 12.0. The predicted molar refractivity (Wildman–Crippen MR) is 97.1 cm³/mol. The number of nitrogens with zero attached hydrogens (tertiary/aromatic N) is 2. The number of fused-ring (bicyclic) bond motifs is 1. The second-order valence-corrected chi connectivity index (χ2v) is 6.90. The van der Waals surface area contributed by atoms with Crippen LogP contribution in [0.1, 0.15) is 11.1 Å². The van der Waals surface area contributed by atoms with Crippen LogP contribution in [0.2, 0.25) is 0 Å². The number of nitriles is 1. The Morgan fingerprint density at radius 2 is 1.96 bits per heavy atom. The third kappa shape index (κ3) is 3.79. The SMILES string of the molecule is Cc1ccc(C[C@@H](C#N)Sc2nc(=S)c3ccccc3[nH]2)cc1. The van der Waals surface area contributed by atoms with E-state index in [-0.39, 0.29) is 5.25 Å². The van der Waals surface area contributed by atoms with Crippen molar-refractivity contribution in [2.45, 2.75) is 23.8 Å². The summed E-state index contributed by atoms with van der Waals surface area (Å²) < 4.78 is 0.564. The Balaban J connectivity index is 1.83. The van der Waals surface area contributed by atoms with Crippen molar-refractivity contribution in [1.82, 2.24) is 9.97 Å². The number of rotatable bonds is 4. The molecule has 1 aromatic heterocycles. The van der Waals surface area contributed by atoms with Crippen molar-refractivity contribution in [2.75, 3.05) is 0 Å². The fourth-order valence-electron chi connectivity index (χ4n) is 2.32. The molecular formula is C18H15N3S2. The summed E-state index contributed by atoms with van der Waals surface area (Å²) in [4.78, 5) is 7.68. The lowest BCUT2D eigenvalue weighted by Gasteiger charge is -2.09. The zero-order valence-corrected chi connectivity index (χ0v) is 14.2. The minimum absolute atomic E-state index is 0.211. The Labute approximate surface area is 144 Å². The maximum absolute atomic E-state index is 9.45. The van der Waals surface area contributed by atoms with Gasteiger partial charge in [0.15, 0.2) is 5.16 Å². The number of hydrogen-bond donors (Lipinski definition) is 1. The highest BCUT2D eigenvalue weighted by Gasteiger charge is 2.13. The molecule has 0 amide bonds. The van der Waals surface area contributed by atoms with Crippen molar-refractivity contribution in [1.29, 1.82) is 5.26 Å². The van der Waals surface area contributed by atoms with Gasteiger partial charge in [-0.1, -0.05) is 65.9 Å². The van der Waals surface area contributed by atoms with Gasteiger partial charge in [0, 0.05) is 5.39 Å². The van der Waals surface area contributed by atoms with Crippen molar-refractivity contribution < 1.29 is 0 Å². The molecular weight excluding hydrogens is 322 g/mol. The minimum Gasteiger partial charge on any atom is -0.334 e. The molecule has 0 spiro atoms. The van der Waals surface area contributed by atoms with E-state index in [1.807, 2.05) is 24.3 Å². The fraction of sp³-hybridized carbons (Fsp3) is 0.167. The van der Waals surface area contributed by atoms with Crippen LogP contribution in [0.4, 0.5) is 0 Å². The van der Waals surface area contributed by atoms with E-state index in [1.54, 1.807) is 0 Å². The van der Waals surface area contributed by atoms with Crippen molar-refractivity contribution in [3.8, 4) is 6.07 Å². The van der Waals surface area contributed by atoms with E-state index in [2.05, 4.69) is 47.2 Å². The van der Waals surface area contributed by atoms with Crippen molar-refractivity contribution in [2.24, 2.45) is 0 Å². The number of hydrogen-bond acceptors (Lipinski definition) is 4. The molecule has 0 unspecified atom stereocenters. The average molecular weight is 337 g/mol. The first-order valence-electron chi connectivity index (χ1n) is 7.26. The number of nitrogens with one attached hydrogen (secondary N) is 1. The fourth-order valence-corrected chi connectivity index (χ4v) is 3.55. The van der Waals surface area contributed by atoms with Gasteiger partial charge in [-0.15, -0.1) is 0 Å². The minimum atomic E-state index is -0.211. The van der Waals surface area contributed by atoms with Gasteiger partial charge in [-0.25, -0.2) is 4.98 Å². The van der Waals surface area contributed by atoms with E-state index in [0.29, 0.717) is 16.2 Å². The lowest BCUT2D eigenvalue weighted by molar-refractivity contribution is 0.965. The number of aromatic nitrogens is 2. The van der Waals surface area contributed by atoms with E-state index in [0.717, 1.165) is 16.5 Å². The lowest BCUT2D eigenvalue weighted by Crippen LogP contribution is -2.05. The molecule has 1 N–H and O–H groups in total. The topological polar surface area (TPSA) is 52.5 Å². The third-order valence-electron chi connectivity index (χ3n) is 3.54. The average Bonchev–Trinajstić information content (AvgIpc) is 2.56. The van der Waals surface area contributed by atoms with Gasteiger partial charge in [-0.3, -0.25) is 0 Å². The van der Waals surface area contributed by atoms with E-state index >= 15 is 0 Å². The molecule has 23 heavy (non-hydrogen) atoms. The zero-order valence-electron chi connectivity index (χ0n) is 12.6. The summed E-state index contributed by atoms with van der Waals surface area (Å²) in [5.41, 5.74) is 3.31. The quantitative estimate of drug-likeness (QED) is 0.421. The first-order chi connectivity index (χ1) is 11.2. The van der Waals surface area contributed by atoms with Gasteiger partial charge in [0.1, 0.15) is 9.89 Å². The molecule has 0 aliphatic carbocycles. The van der Waals surface area contributed by atoms with Crippen LogP contribution in [-0.2, 0) is 6.42 Å². The number of aromatic amines is 1. The molecule has 0 fully saturated rings. The Bertz CT molecular complexity index is 923. The molecule has 114 valence electrons. The van der Waals surface area contributed by atoms with Gasteiger partial charge in [0.05, 0.1) is 11.6 Å². The van der Waals surface area contributed by atoms with E-state index in [4.69, 9.17) is 12.2 Å². The molecule has 0 radical (unpaired) electrons. The van der Waals surface area contributed by atoms with E-state index in [9.17, 15) is 5.26 Å². The van der Waals surface area contributed by atoms with Crippen LogP contribution in [0.25, 0.3) is 10.9 Å². The lowest BCUT2D eigenvalue weighted by atomic mass is 10.1. The summed E-state index contributed by atoms with van der Waals surface area (Å²) in [5, 5.41) is 10.9. The number of aryl methyl sites for hydroxylation is 1. The van der Waals surface area contributed by atoms with E-state index in [1.165, 1.54) is 17.3 Å². The number of thioether (sulfide) groups is 1. The second kappa shape index (κ2) is 6.95. The van der Waals surface area contributed by atoms with Crippen LogP contribution in [-0.4, -0.2) is 15.2 Å². The Morgan fingerprint density at radius 3 is 2.70 bits per heavy atom. The van der Waals surface area contributed by atoms with Crippen LogP contribution >= 0.6 is 24.0 Å². The first-order valence-corrected chi connectivity index (χ1v) is 8.55. The maximum Gasteiger partial charge on any atom is 0.168 e. The molecule has 0 saturated heterocycles. The number of para-hydroxylation sites is 1. The van der Waals surface area contributed by atoms with Crippen LogP contribution in [0.3, 0.4) is 0 Å². The summed E-state index contributed by atoms with van der Waals surface area (Å²) in [7, 11) is 0. The van der Waals surface area contributed by atoms with Gasteiger partial charge in [0.2, 0.25) is 0 Å². The molecule has 0 aliphatic rings. The Morgan fingerprint density at radius 1 is 1.22 bits per heavy atom. The van der Waals surface area contributed by atoms with Gasteiger partial charge < -0.3 is 4.98 Å². The summed E-state index contributed by atoms with van der Waals surface area (Å²) in [6, 6.07) is 18.4. The van der Waals surface area contributed by atoms with Gasteiger partial charge in [0.25, 0.3) is 0 Å². The Hall–Kier alpha value is -2.16. The molecule has 2 aromatic carbocycles. The monoisotopic (exact) mass is 337 g/mol. The highest BCUT2D eigenvalue weighted by Crippen LogP contribution is 2.24. The van der Waals surface area contributed by atoms with Crippen molar-refractivity contribution in [3.63, 3.8) is 0 Å². The molecule has 0 saturated carbocycles. The van der Waals surface area contributed by atoms with Crippen molar-refractivity contribution in [3.05, 3.63) is 64.3 Å². The summed E-state index contributed by atoms with van der Waals surface area (Å²) in [6.07, 6.45) is 0.677. The summed E-state index contributed by atoms with van der Waals surface area (Å²) >= 11 is 6.77. The smallest absolute Gasteiger partial charge is 0.168 e. The molecule has 1 atom stereocenters. The number of benzene rings is 2. The standard InChI is InChI=1S/C18H15N3S2/c1-12-6-8-13(9-7-12)10-14(11-19)23-18-20-16-5-3-2-4-15(16)17(22)21-18/h2-9,14H,10H2,1H3,(H,20,21,22)/t14-/m0/s1. The molecule has 0 aliphatic heterocycles. The molecule has 3 rings (SSSR count). The van der Waals surface area contributed by atoms with Crippen molar-refractivity contribution >= 4 is 34.9 Å². The van der Waals surface area contributed by atoms with Crippen LogP contribution in [0.15, 0.2) is 53.7 Å². The number of H-pyrrole nitrogens is 1. The van der Waals surface area contributed by atoms with Crippen LogP contribution in [0.5, 0.6) is 0 Å². The molecule has 5 heteroatoms. The Kier molecular flexibility index (Phi) is 4.75. The summed E-state index contributed by atoms with van der Waals surface area (Å²) in [5.74, 6) is 0. The molecule has 3 aromatic rings.